The molecule has 1 aliphatic carbocycles. The molecule has 1 saturated carbocycles. The first-order chi connectivity index (χ1) is 8.20. The zero-order valence-corrected chi connectivity index (χ0v) is 11.4. The number of hydrogen-bond acceptors (Lipinski definition) is 4. The number of nitrogens with one attached hydrogen (secondary N) is 1. The highest BCUT2D eigenvalue weighted by atomic mass is 32.2. The van der Waals surface area contributed by atoms with Gasteiger partial charge in [-0.2, -0.15) is 0 Å². The van der Waals surface area contributed by atoms with Gasteiger partial charge in [-0.15, -0.1) is 0 Å². The number of hydrogen-bond donors (Lipinski definition) is 3. The SMILES string of the molecule is CC1(C)CC1CNc1ccc(S(N)(=O)=O)c(N)c1. The lowest BCUT2D eigenvalue weighted by Crippen LogP contribution is -2.14. The van der Waals surface area contributed by atoms with E-state index >= 15 is 0 Å². The van der Waals surface area contributed by atoms with Gasteiger partial charge in [0.25, 0.3) is 0 Å². The Kier molecular flexibility index (Phi) is 3.03. The summed E-state index contributed by atoms with van der Waals surface area (Å²) in [7, 11) is -3.74. The monoisotopic (exact) mass is 269 g/mol. The van der Waals surface area contributed by atoms with Crippen LogP contribution in [0.25, 0.3) is 0 Å². The Morgan fingerprint density at radius 3 is 2.50 bits per heavy atom. The molecule has 1 aliphatic rings. The molecule has 0 aliphatic heterocycles. The van der Waals surface area contributed by atoms with Crippen LogP contribution >= 0.6 is 0 Å². The second-order valence-corrected chi connectivity index (χ2v) is 7.10. The number of benzene rings is 1. The van der Waals surface area contributed by atoms with Crippen molar-refractivity contribution < 1.29 is 8.42 Å². The molecule has 18 heavy (non-hydrogen) atoms. The number of anilines is 2. The van der Waals surface area contributed by atoms with Gasteiger partial charge in [-0.25, -0.2) is 13.6 Å². The van der Waals surface area contributed by atoms with E-state index in [1.165, 1.54) is 12.5 Å². The van der Waals surface area contributed by atoms with Gasteiger partial charge in [-0.1, -0.05) is 13.8 Å². The van der Waals surface area contributed by atoms with E-state index < -0.39 is 10.0 Å². The maximum Gasteiger partial charge on any atom is 0.240 e. The summed E-state index contributed by atoms with van der Waals surface area (Å²) in [6.45, 7) is 5.34. The van der Waals surface area contributed by atoms with E-state index in [9.17, 15) is 8.42 Å². The van der Waals surface area contributed by atoms with E-state index in [1.54, 1.807) is 12.1 Å². The summed E-state index contributed by atoms with van der Waals surface area (Å²) >= 11 is 0. The molecule has 5 nitrogen and oxygen atoms in total. The lowest BCUT2D eigenvalue weighted by molar-refractivity contribution is 0.573. The van der Waals surface area contributed by atoms with Crippen molar-refractivity contribution in [3.63, 3.8) is 0 Å². The van der Waals surface area contributed by atoms with Crippen LogP contribution in [0.4, 0.5) is 11.4 Å². The molecule has 0 heterocycles. The van der Waals surface area contributed by atoms with E-state index in [1.807, 2.05) is 0 Å². The van der Waals surface area contributed by atoms with E-state index in [4.69, 9.17) is 10.9 Å². The van der Waals surface area contributed by atoms with Gasteiger partial charge >= 0.3 is 0 Å². The molecule has 0 radical (unpaired) electrons. The number of nitrogens with two attached hydrogens (primary N) is 2. The fourth-order valence-corrected chi connectivity index (χ4v) is 2.73. The molecule has 0 saturated heterocycles. The van der Waals surface area contributed by atoms with Crippen LogP contribution in [0.2, 0.25) is 0 Å². The molecule has 6 heteroatoms. The molecule has 2 rings (SSSR count). The summed E-state index contributed by atoms with van der Waals surface area (Å²) in [4.78, 5) is -0.0280. The lowest BCUT2D eigenvalue weighted by Gasteiger charge is -2.10. The third-order valence-electron chi connectivity index (χ3n) is 3.59. The van der Waals surface area contributed by atoms with Gasteiger partial charge in [0.15, 0.2) is 0 Å². The van der Waals surface area contributed by atoms with Crippen LogP contribution in [0.5, 0.6) is 0 Å². The van der Waals surface area contributed by atoms with Gasteiger partial charge in [0.1, 0.15) is 4.90 Å². The quantitative estimate of drug-likeness (QED) is 0.719. The van der Waals surface area contributed by atoms with Crippen molar-refractivity contribution >= 4 is 21.4 Å². The smallest absolute Gasteiger partial charge is 0.240 e. The van der Waals surface area contributed by atoms with Crippen molar-refractivity contribution in [3.05, 3.63) is 18.2 Å². The average Bonchev–Trinajstić information content (AvgIpc) is 2.81. The minimum Gasteiger partial charge on any atom is -0.398 e. The highest BCUT2D eigenvalue weighted by Crippen LogP contribution is 2.51. The molecule has 0 spiro atoms. The third-order valence-corrected chi connectivity index (χ3v) is 4.57. The summed E-state index contributed by atoms with van der Waals surface area (Å²) in [6, 6.07) is 4.73. The standard InChI is InChI=1S/C12H19N3O2S/c1-12(2)6-8(12)7-15-9-3-4-11(10(13)5-9)18(14,16)17/h3-5,8,15H,6-7,13H2,1-2H3,(H2,14,16,17). The minimum atomic E-state index is -3.74. The van der Waals surface area contributed by atoms with Gasteiger partial charge in [-0.05, 0) is 36.0 Å². The molecule has 1 aromatic carbocycles. The Balaban J connectivity index is 2.06. The highest BCUT2D eigenvalue weighted by molar-refractivity contribution is 7.89. The van der Waals surface area contributed by atoms with Crippen LogP contribution in [-0.2, 0) is 10.0 Å². The van der Waals surface area contributed by atoms with E-state index in [0.717, 1.165) is 12.2 Å². The molecule has 1 aromatic rings. The number of sulfonamides is 1. The number of rotatable bonds is 4. The summed E-state index contributed by atoms with van der Waals surface area (Å²) in [6.07, 6.45) is 1.21. The predicted octanol–water partition coefficient (Wildman–Crippen LogP) is 1.37. The Labute approximate surface area is 108 Å². The van der Waals surface area contributed by atoms with E-state index in [-0.39, 0.29) is 10.6 Å². The fraction of sp³-hybridized carbons (Fsp3) is 0.500. The number of nitrogen functional groups attached to an aromatic ring is 1. The Bertz CT molecular complexity index is 567. The second-order valence-electron chi connectivity index (χ2n) is 5.57. The van der Waals surface area contributed by atoms with Gasteiger partial charge in [-0.3, -0.25) is 0 Å². The Morgan fingerprint density at radius 1 is 1.44 bits per heavy atom. The van der Waals surface area contributed by atoms with Crippen molar-refractivity contribution in [1.29, 1.82) is 0 Å². The first-order valence-electron chi connectivity index (χ1n) is 5.86. The molecular weight excluding hydrogens is 250 g/mol. The van der Waals surface area contributed by atoms with Crippen LogP contribution in [0, 0.1) is 11.3 Å². The highest BCUT2D eigenvalue weighted by Gasteiger charge is 2.44. The first kappa shape index (κ1) is 13.2. The predicted molar refractivity (Wildman–Crippen MR) is 72.6 cm³/mol. The minimum absolute atomic E-state index is 0.0280. The normalized spacial score (nSPS) is 21.6. The molecule has 1 atom stereocenters. The third kappa shape index (κ3) is 2.76. The summed E-state index contributed by atoms with van der Waals surface area (Å²) in [5, 5.41) is 8.31. The Hall–Kier alpha value is -1.27. The van der Waals surface area contributed by atoms with E-state index in [2.05, 4.69) is 19.2 Å². The molecular formula is C12H19N3O2S. The Morgan fingerprint density at radius 2 is 2.06 bits per heavy atom. The number of primary sulfonamides is 1. The topological polar surface area (TPSA) is 98.2 Å². The second kappa shape index (κ2) is 4.13. The molecule has 100 valence electrons. The zero-order valence-electron chi connectivity index (χ0n) is 10.6. The zero-order chi connectivity index (χ0) is 13.6. The summed E-state index contributed by atoms with van der Waals surface area (Å²) in [5.41, 5.74) is 7.10. The van der Waals surface area contributed by atoms with Crippen molar-refractivity contribution in [2.75, 3.05) is 17.6 Å². The maximum atomic E-state index is 11.2. The van der Waals surface area contributed by atoms with Crippen LogP contribution in [0.3, 0.4) is 0 Å². The molecule has 5 N–H and O–H groups in total. The molecule has 1 fully saturated rings. The average molecular weight is 269 g/mol. The van der Waals surface area contributed by atoms with Gasteiger partial charge in [0.05, 0.1) is 5.69 Å². The van der Waals surface area contributed by atoms with Crippen LogP contribution < -0.4 is 16.2 Å². The first-order valence-corrected chi connectivity index (χ1v) is 7.41. The van der Waals surface area contributed by atoms with Crippen molar-refractivity contribution in [1.82, 2.24) is 0 Å². The van der Waals surface area contributed by atoms with Crippen LogP contribution in [0.15, 0.2) is 23.1 Å². The maximum absolute atomic E-state index is 11.2. The summed E-state index contributed by atoms with van der Waals surface area (Å²) < 4.78 is 22.4. The van der Waals surface area contributed by atoms with E-state index in [0.29, 0.717) is 11.3 Å². The van der Waals surface area contributed by atoms with Gasteiger partial charge in [0.2, 0.25) is 10.0 Å². The molecule has 0 amide bonds. The molecule has 1 unspecified atom stereocenters. The van der Waals surface area contributed by atoms with Crippen molar-refractivity contribution in [2.45, 2.75) is 25.2 Å². The van der Waals surface area contributed by atoms with Gasteiger partial charge in [0, 0.05) is 12.2 Å². The molecule has 0 bridgehead atoms. The van der Waals surface area contributed by atoms with Crippen LogP contribution in [0.1, 0.15) is 20.3 Å². The van der Waals surface area contributed by atoms with Crippen molar-refractivity contribution in [2.24, 2.45) is 16.5 Å². The summed E-state index contributed by atoms with van der Waals surface area (Å²) in [5.74, 6) is 0.664. The largest absolute Gasteiger partial charge is 0.398 e. The van der Waals surface area contributed by atoms with Crippen molar-refractivity contribution in [3.8, 4) is 0 Å². The van der Waals surface area contributed by atoms with Gasteiger partial charge < -0.3 is 11.1 Å². The molecule has 0 aromatic heterocycles. The lowest BCUT2D eigenvalue weighted by atomic mass is 10.1. The fourth-order valence-electron chi connectivity index (χ4n) is 2.08. The van der Waals surface area contributed by atoms with Crippen LogP contribution in [-0.4, -0.2) is 15.0 Å².